The van der Waals surface area contributed by atoms with E-state index < -0.39 is 0 Å². The number of thiocarbonyl (C=S) groups is 1. The molecule has 1 aliphatic heterocycles. The minimum atomic E-state index is 0.217. The van der Waals surface area contributed by atoms with E-state index in [1.54, 1.807) is 7.11 Å². The van der Waals surface area contributed by atoms with E-state index in [1.807, 2.05) is 24.3 Å². The zero-order chi connectivity index (χ0) is 14.4. The molecule has 0 aliphatic carbocycles. The SMILES string of the molecule is COc1ccc(NC(=S)N2CCN(CCO)CC2)cc1. The molecule has 0 aromatic heterocycles. The summed E-state index contributed by atoms with van der Waals surface area (Å²) in [5, 5.41) is 12.9. The van der Waals surface area contributed by atoms with Gasteiger partial charge < -0.3 is 20.1 Å². The van der Waals surface area contributed by atoms with E-state index in [4.69, 9.17) is 22.1 Å². The topological polar surface area (TPSA) is 48.0 Å². The van der Waals surface area contributed by atoms with Crippen LogP contribution in [0.5, 0.6) is 5.75 Å². The molecule has 2 rings (SSSR count). The number of nitrogens with zero attached hydrogens (tertiary/aromatic N) is 2. The van der Waals surface area contributed by atoms with Crippen LogP contribution in [0.25, 0.3) is 0 Å². The lowest BCUT2D eigenvalue weighted by molar-refractivity contribution is 0.148. The third-order valence-electron chi connectivity index (χ3n) is 3.42. The Labute approximate surface area is 125 Å². The number of rotatable bonds is 4. The lowest BCUT2D eigenvalue weighted by atomic mass is 10.3. The fourth-order valence-corrected chi connectivity index (χ4v) is 2.49. The van der Waals surface area contributed by atoms with Gasteiger partial charge >= 0.3 is 0 Å². The summed E-state index contributed by atoms with van der Waals surface area (Å²) in [4.78, 5) is 4.40. The molecule has 0 spiro atoms. The molecule has 1 saturated heterocycles. The van der Waals surface area contributed by atoms with Crippen molar-refractivity contribution >= 4 is 23.0 Å². The summed E-state index contributed by atoms with van der Waals surface area (Å²) in [5.41, 5.74) is 0.966. The summed E-state index contributed by atoms with van der Waals surface area (Å²) in [6.07, 6.45) is 0. The standard InChI is InChI=1S/C14H21N3O2S/c1-19-13-4-2-12(3-5-13)15-14(20)17-8-6-16(7-9-17)10-11-18/h2-5,18H,6-11H2,1H3,(H,15,20). The molecule has 6 heteroatoms. The molecule has 0 unspecified atom stereocenters. The number of hydrogen-bond acceptors (Lipinski definition) is 4. The normalized spacial score (nSPS) is 16.0. The second-order valence-corrected chi connectivity index (χ2v) is 5.10. The Bertz CT molecular complexity index is 431. The first-order valence-electron chi connectivity index (χ1n) is 6.76. The molecule has 20 heavy (non-hydrogen) atoms. The highest BCUT2D eigenvalue weighted by Crippen LogP contribution is 2.15. The second kappa shape index (κ2) is 7.42. The highest BCUT2D eigenvalue weighted by molar-refractivity contribution is 7.80. The van der Waals surface area contributed by atoms with E-state index in [0.717, 1.165) is 49.3 Å². The number of benzene rings is 1. The van der Waals surface area contributed by atoms with Gasteiger partial charge in [-0.25, -0.2) is 0 Å². The van der Waals surface area contributed by atoms with Crippen molar-refractivity contribution in [3.63, 3.8) is 0 Å². The molecule has 110 valence electrons. The smallest absolute Gasteiger partial charge is 0.173 e. The van der Waals surface area contributed by atoms with Crippen LogP contribution in [0.3, 0.4) is 0 Å². The van der Waals surface area contributed by atoms with Crippen molar-refractivity contribution in [3.8, 4) is 5.75 Å². The van der Waals surface area contributed by atoms with Gasteiger partial charge in [-0.05, 0) is 36.5 Å². The van der Waals surface area contributed by atoms with E-state index >= 15 is 0 Å². The summed E-state index contributed by atoms with van der Waals surface area (Å²) in [6.45, 7) is 4.61. The first kappa shape index (κ1) is 15.0. The minimum absolute atomic E-state index is 0.217. The van der Waals surface area contributed by atoms with Crippen LogP contribution in [0.4, 0.5) is 5.69 Å². The summed E-state index contributed by atoms with van der Waals surface area (Å²) in [5.74, 6) is 0.832. The Morgan fingerprint density at radius 2 is 1.90 bits per heavy atom. The van der Waals surface area contributed by atoms with E-state index in [-0.39, 0.29) is 6.61 Å². The molecule has 2 N–H and O–H groups in total. The molecule has 1 aliphatic rings. The largest absolute Gasteiger partial charge is 0.497 e. The van der Waals surface area contributed by atoms with E-state index in [2.05, 4.69) is 15.1 Å². The molecule has 1 fully saturated rings. The van der Waals surface area contributed by atoms with Gasteiger partial charge in [-0.1, -0.05) is 0 Å². The summed E-state index contributed by atoms with van der Waals surface area (Å²) in [6, 6.07) is 7.72. The van der Waals surface area contributed by atoms with Crippen LogP contribution in [-0.2, 0) is 0 Å². The quantitative estimate of drug-likeness (QED) is 0.808. The second-order valence-electron chi connectivity index (χ2n) is 4.71. The van der Waals surface area contributed by atoms with Crippen LogP contribution in [-0.4, -0.2) is 66.5 Å². The van der Waals surface area contributed by atoms with Gasteiger partial charge in [-0.15, -0.1) is 0 Å². The van der Waals surface area contributed by atoms with Crippen LogP contribution in [0, 0.1) is 0 Å². The van der Waals surface area contributed by atoms with E-state index in [1.165, 1.54) is 0 Å². The van der Waals surface area contributed by atoms with Crippen molar-refractivity contribution in [2.45, 2.75) is 0 Å². The van der Waals surface area contributed by atoms with Crippen molar-refractivity contribution in [3.05, 3.63) is 24.3 Å². The minimum Gasteiger partial charge on any atom is -0.497 e. The number of anilines is 1. The summed E-state index contributed by atoms with van der Waals surface area (Å²) < 4.78 is 5.13. The lowest BCUT2D eigenvalue weighted by Gasteiger charge is -2.35. The highest BCUT2D eigenvalue weighted by Gasteiger charge is 2.18. The molecule has 0 amide bonds. The summed E-state index contributed by atoms with van der Waals surface area (Å²) >= 11 is 5.44. The maximum absolute atomic E-state index is 8.93. The number of methoxy groups -OCH3 is 1. The van der Waals surface area contributed by atoms with Crippen molar-refractivity contribution < 1.29 is 9.84 Å². The highest BCUT2D eigenvalue weighted by atomic mass is 32.1. The van der Waals surface area contributed by atoms with Crippen LogP contribution in [0.15, 0.2) is 24.3 Å². The summed E-state index contributed by atoms with van der Waals surface area (Å²) in [7, 11) is 1.65. The van der Waals surface area contributed by atoms with Gasteiger partial charge in [0.2, 0.25) is 0 Å². The Balaban J connectivity index is 1.83. The third kappa shape index (κ3) is 4.06. The van der Waals surface area contributed by atoms with Crippen LogP contribution < -0.4 is 10.1 Å². The van der Waals surface area contributed by atoms with Crippen molar-refractivity contribution in [2.75, 3.05) is 51.8 Å². The van der Waals surface area contributed by atoms with Crippen molar-refractivity contribution in [1.82, 2.24) is 9.80 Å². The van der Waals surface area contributed by atoms with Crippen LogP contribution in [0.2, 0.25) is 0 Å². The van der Waals surface area contributed by atoms with Crippen LogP contribution >= 0.6 is 12.2 Å². The molecule has 1 aromatic carbocycles. The molecule has 0 bridgehead atoms. The number of piperazine rings is 1. The van der Waals surface area contributed by atoms with Gasteiger partial charge in [0.05, 0.1) is 13.7 Å². The number of nitrogens with one attached hydrogen (secondary N) is 1. The predicted molar refractivity (Wildman–Crippen MR) is 84.3 cm³/mol. The number of β-amino-alcohol motifs (C(OH)–C–C–N with tert-alkyl or cyclic N) is 1. The first-order valence-corrected chi connectivity index (χ1v) is 7.17. The fraction of sp³-hybridized carbons (Fsp3) is 0.500. The first-order chi connectivity index (χ1) is 9.72. The predicted octanol–water partition coefficient (Wildman–Crippen LogP) is 1.00. The molecule has 1 aromatic rings. The molecular weight excluding hydrogens is 274 g/mol. The van der Waals surface area contributed by atoms with Gasteiger partial charge in [0.15, 0.2) is 5.11 Å². The number of ether oxygens (including phenoxy) is 1. The average molecular weight is 295 g/mol. The number of aliphatic hydroxyl groups is 1. The Morgan fingerprint density at radius 1 is 1.25 bits per heavy atom. The lowest BCUT2D eigenvalue weighted by Crippen LogP contribution is -2.50. The monoisotopic (exact) mass is 295 g/mol. The number of hydrogen-bond donors (Lipinski definition) is 2. The maximum Gasteiger partial charge on any atom is 0.173 e. The van der Waals surface area contributed by atoms with Gasteiger partial charge in [0, 0.05) is 38.4 Å². The Kier molecular flexibility index (Phi) is 5.58. The van der Waals surface area contributed by atoms with Gasteiger partial charge in [-0.3, -0.25) is 4.90 Å². The molecule has 0 atom stereocenters. The molecule has 5 nitrogen and oxygen atoms in total. The van der Waals surface area contributed by atoms with Gasteiger partial charge in [0.25, 0.3) is 0 Å². The Hall–Kier alpha value is -1.37. The van der Waals surface area contributed by atoms with Gasteiger partial charge in [-0.2, -0.15) is 0 Å². The maximum atomic E-state index is 8.93. The molecule has 0 radical (unpaired) electrons. The zero-order valence-electron chi connectivity index (χ0n) is 11.7. The molecule has 0 saturated carbocycles. The van der Waals surface area contributed by atoms with Crippen molar-refractivity contribution in [2.24, 2.45) is 0 Å². The Morgan fingerprint density at radius 3 is 2.45 bits per heavy atom. The molecular formula is C14H21N3O2S. The van der Waals surface area contributed by atoms with E-state index in [0.29, 0.717) is 0 Å². The van der Waals surface area contributed by atoms with E-state index in [9.17, 15) is 0 Å². The van der Waals surface area contributed by atoms with Crippen molar-refractivity contribution in [1.29, 1.82) is 0 Å². The average Bonchev–Trinajstić information content (AvgIpc) is 2.49. The zero-order valence-corrected chi connectivity index (χ0v) is 12.5. The van der Waals surface area contributed by atoms with Crippen LogP contribution in [0.1, 0.15) is 0 Å². The molecule has 1 heterocycles. The van der Waals surface area contributed by atoms with Gasteiger partial charge in [0.1, 0.15) is 5.75 Å². The fourth-order valence-electron chi connectivity index (χ4n) is 2.19. The third-order valence-corrected chi connectivity index (χ3v) is 3.78. The number of aliphatic hydroxyl groups excluding tert-OH is 1.